The minimum absolute atomic E-state index is 0.0700. The van der Waals surface area contributed by atoms with Crippen LogP contribution in [0.25, 0.3) is 0 Å². The Kier molecular flexibility index (Phi) is 4.34. The maximum absolute atomic E-state index is 12.9. The molecule has 0 unspecified atom stereocenters. The van der Waals surface area contributed by atoms with Crippen molar-refractivity contribution in [3.8, 4) is 0 Å². The molecule has 4 rings (SSSR count). The number of piperazine rings is 1. The summed E-state index contributed by atoms with van der Waals surface area (Å²) >= 11 is 0. The van der Waals surface area contributed by atoms with Crippen LogP contribution in [-0.4, -0.2) is 64.6 Å². The van der Waals surface area contributed by atoms with Crippen LogP contribution in [-0.2, 0) is 17.1 Å². The molecule has 1 saturated carbocycles. The van der Waals surface area contributed by atoms with E-state index in [-0.39, 0.29) is 29.7 Å². The molecule has 1 saturated heterocycles. The number of aromatic nitrogens is 3. The summed E-state index contributed by atoms with van der Waals surface area (Å²) in [6, 6.07) is 0. The van der Waals surface area contributed by atoms with Gasteiger partial charge in [0.2, 0.25) is 10.0 Å². The number of rotatable bonds is 4. The lowest BCUT2D eigenvalue weighted by atomic mass is 10.1. The number of hydrogen-bond acceptors (Lipinski definition) is 6. The third-order valence-electron chi connectivity index (χ3n) is 5.14. The summed E-state index contributed by atoms with van der Waals surface area (Å²) in [7, 11) is -1.86. The largest absolute Gasteiger partial charge is 0.360 e. The van der Waals surface area contributed by atoms with Gasteiger partial charge in [0.25, 0.3) is 5.91 Å². The zero-order chi connectivity index (χ0) is 19.3. The minimum atomic E-state index is -3.68. The molecule has 1 aliphatic carbocycles. The first-order valence-electron chi connectivity index (χ1n) is 9.05. The Morgan fingerprint density at radius 2 is 1.85 bits per heavy atom. The van der Waals surface area contributed by atoms with Crippen molar-refractivity contribution in [1.29, 1.82) is 0 Å². The number of carbonyl (C=O) groups is 1. The molecular formula is C17H23N5O4S. The minimum Gasteiger partial charge on any atom is -0.360 e. The lowest BCUT2D eigenvalue weighted by molar-refractivity contribution is 0.0696. The molecule has 2 aliphatic rings. The topological polar surface area (TPSA) is 102 Å². The van der Waals surface area contributed by atoms with Crippen LogP contribution >= 0.6 is 0 Å². The summed E-state index contributed by atoms with van der Waals surface area (Å²) in [6.45, 7) is 4.40. The highest BCUT2D eigenvalue weighted by Gasteiger charge is 2.36. The zero-order valence-electron chi connectivity index (χ0n) is 15.7. The molecule has 0 spiro atoms. The third kappa shape index (κ3) is 3.16. The van der Waals surface area contributed by atoms with Crippen LogP contribution in [0.5, 0.6) is 0 Å². The first-order chi connectivity index (χ1) is 12.8. The Morgan fingerprint density at radius 3 is 2.41 bits per heavy atom. The van der Waals surface area contributed by atoms with Crippen molar-refractivity contribution >= 4 is 15.9 Å². The van der Waals surface area contributed by atoms with Crippen molar-refractivity contribution in [3.63, 3.8) is 0 Å². The first kappa shape index (κ1) is 18.2. The summed E-state index contributed by atoms with van der Waals surface area (Å²) in [4.78, 5) is 14.8. The van der Waals surface area contributed by atoms with Gasteiger partial charge in [-0.05, 0) is 26.7 Å². The number of sulfonamides is 1. The van der Waals surface area contributed by atoms with Gasteiger partial charge in [0.05, 0.1) is 11.3 Å². The second-order valence-electron chi connectivity index (χ2n) is 7.23. The van der Waals surface area contributed by atoms with Crippen molar-refractivity contribution in [3.05, 3.63) is 28.9 Å². The number of nitrogens with zero attached hydrogens (tertiary/aromatic N) is 5. The summed E-state index contributed by atoms with van der Waals surface area (Å²) in [5.41, 5.74) is 1.87. The second-order valence-corrected chi connectivity index (χ2v) is 9.10. The van der Waals surface area contributed by atoms with Crippen LogP contribution in [0.1, 0.15) is 46.3 Å². The van der Waals surface area contributed by atoms with Gasteiger partial charge in [-0.25, -0.2) is 8.42 Å². The molecule has 27 heavy (non-hydrogen) atoms. The highest BCUT2D eigenvalue weighted by Crippen LogP contribution is 2.41. The van der Waals surface area contributed by atoms with E-state index in [1.807, 2.05) is 7.05 Å². The molecular weight excluding hydrogens is 370 g/mol. The van der Waals surface area contributed by atoms with E-state index < -0.39 is 10.0 Å². The fourth-order valence-corrected chi connectivity index (χ4v) is 5.32. The molecule has 0 radical (unpaired) electrons. The SMILES string of the molecule is Cc1noc(C)c1S(=O)(=O)N1CCN(C(=O)c2cn(C)nc2C2CC2)CC1. The summed E-state index contributed by atoms with van der Waals surface area (Å²) in [6.07, 6.45) is 3.91. The molecule has 0 bridgehead atoms. The number of carbonyl (C=O) groups excluding carboxylic acids is 1. The molecule has 0 atom stereocenters. The van der Waals surface area contributed by atoms with Gasteiger partial charge in [-0.15, -0.1) is 0 Å². The molecule has 146 valence electrons. The van der Waals surface area contributed by atoms with Crippen molar-refractivity contribution in [1.82, 2.24) is 24.1 Å². The fourth-order valence-electron chi connectivity index (χ4n) is 3.60. The van der Waals surface area contributed by atoms with Gasteiger partial charge < -0.3 is 9.42 Å². The molecule has 3 heterocycles. The number of amides is 1. The average molecular weight is 393 g/mol. The van der Waals surface area contributed by atoms with E-state index in [4.69, 9.17) is 4.52 Å². The zero-order valence-corrected chi connectivity index (χ0v) is 16.5. The lowest BCUT2D eigenvalue weighted by Gasteiger charge is -2.33. The Morgan fingerprint density at radius 1 is 1.19 bits per heavy atom. The summed E-state index contributed by atoms with van der Waals surface area (Å²) < 4.78 is 33.9. The van der Waals surface area contributed by atoms with E-state index in [0.29, 0.717) is 30.3 Å². The van der Waals surface area contributed by atoms with Gasteiger partial charge in [-0.3, -0.25) is 9.48 Å². The molecule has 1 aliphatic heterocycles. The highest BCUT2D eigenvalue weighted by molar-refractivity contribution is 7.89. The van der Waals surface area contributed by atoms with E-state index in [2.05, 4.69) is 10.3 Å². The molecule has 0 N–H and O–H groups in total. The Labute approximate surface area is 158 Å². The van der Waals surface area contributed by atoms with Gasteiger partial charge >= 0.3 is 0 Å². The molecule has 1 amide bonds. The van der Waals surface area contributed by atoms with E-state index in [1.54, 1.807) is 29.6 Å². The molecule has 2 aromatic rings. The third-order valence-corrected chi connectivity index (χ3v) is 7.29. The van der Waals surface area contributed by atoms with E-state index in [0.717, 1.165) is 18.5 Å². The van der Waals surface area contributed by atoms with Gasteiger partial charge in [0.15, 0.2) is 5.76 Å². The van der Waals surface area contributed by atoms with E-state index in [1.165, 1.54) is 4.31 Å². The van der Waals surface area contributed by atoms with Crippen LogP contribution in [0, 0.1) is 13.8 Å². The maximum Gasteiger partial charge on any atom is 0.257 e. The molecule has 2 aromatic heterocycles. The number of hydrogen-bond donors (Lipinski definition) is 0. The highest BCUT2D eigenvalue weighted by atomic mass is 32.2. The predicted octanol–water partition coefficient (Wildman–Crippen LogP) is 1.05. The standard InChI is InChI=1S/C17H23N5O4S/c1-11-16(12(2)26-19-11)27(24,25)22-8-6-21(7-9-22)17(23)14-10-20(3)18-15(14)13-4-5-13/h10,13H,4-9H2,1-3H3. The average Bonchev–Trinajstić information content (AvgIpc) is 3.32. The van der Waals surface area contributed by atoms with Gasteiger partial charge in [0, 0.05) is 45.3 Å². The molecule has 0 aromatic carbocycles. The monoisotopic (exact) mass is 393 g/mol. The maximum atomic E-state index is 12.9. The quantitative estimate of drug-likeness (QED) is 0.769. The van der Waals surface area contributed by atoms with Gasteiger partial charge in [-0.2, -0.15) is 9.40 Å². The van der Waals surface area contributed by atoms with E-state index in [9.17, 15) is 13.2 Å². The summed E-state index contributed by atoms with van der Waals surface area (Å²) in [5.74, 6) is 0.598. The van der Waals surface area contributed by atoms with Gasteiger partial charge in [-0.1, -0.05) is 5.16 Å². The first-order valence-corrected chi connectivity index (χ1v) is 10.5. The Balaban J connectivity index is 1.49. The smallest absolute Gasteiger partial charge is 0.257 e. The van der Waals surface area contributed by atoms with E-state index >= 15 is 0 Å². The van der Waals surface area contributed by atoms with Crippen LogP contribution < -0.4 is 0 Å². The van der Waals surface area contributed by atoms with Crippen LogP contribution in [0.2, 0.25) is 0 Å². The summed E-state index contributed by atoms with van der Waals surface area (Å²) in [5, 5.41) is 8.18. The van der Waals surface area contributed by atoms with Crippen LogP contribution in [0.15, 0.2) is 15.6 Å². The molecule has 2 fully saturated rings. The lowest BCUT2D eigenvalue weighted by Crippen LogP contribution is -2.50. The molecule has 9 nitrogen and oxygen atoms in total. The second kappa shape index (κ2) is 6.45. The Bertz CT molecular complexity index is 962. The van der Waals surface area contributed by atoms with Gasteiger partial charge in [0.1, 0.15) is 10.6 Å². The van der Waals surface area contributed by atoms with Crippen LogP contribution in [0.4, 0.5) is 0 Å². The van der Waals surface area contributed by atoms with Crippen molar-refractivity contribution in [2.75, 3.05) is 26.2 Å². The number of aryl methyl sites for hydroxylation is 3. The van der Waals surface area contributed by atoms with Crippen molar-refractivity contribution in [2.24, 2.45) is 7.05 Å². The fraction of sp³-hybridized carbons (Fsp3) is 0.588. The van der Waals surface area contributed by atoms with Crippen LogP contribution in [0.3, 0.4) is 0 Å². The molecule has 10 heteroatoms. The van der Waals surface area contributed by atoms with Crippen molar-refractivity contribution in [2.45, 2.75) is 37.5 Å². The Hall–Kier alpha value is -2.20. The normalized spacial score (nSPS) is 18.9. The predicted molar refractivity (Wildman–Crippen MR) is 95.8 cm³/mol. The van der Waals surface area contributed by atoms with Crippen molar-refractivity contribution < 1.29 is 17.7 Å².